The van der Waals surface area contributed by atoms with Gasteiger partial charge >= 0.3 is 0 Å². The first-order valence-electron chi connectivity index (χ1n) is 8.32. The molecule has 1 aromatic carbocycles. The molecule has 27 heavy (non-hydrogen) atoms. The minimum absolute atomic E-state index is 0.247. The van der Waals surface area contributed by atoms with Crippen molar-refractivity contribution in [2.75, 3.05) is 6.26 Å². The molecule has 0 unspecified atom stereocenters. The van der Waals surface area contributed by atoms with Crippen molar-refractivity contribution in [3.63, 3.8) is 0 Å². The normalized spacial score (nSPS) is 11.4. The summed E-state index contributed by atoms with van der Waals surface area (Å²) in [5, 5.41) is 7.17. The summed E-state index contributed by atoms with van der Waals surface area (Å²) in [6.07, 6.45) is 1.16. The Balaban J connectivity index is 1.71. The van der Waals surface area contributed by atoms with Gasteiger partial charge in [-0.2, -0.15) is 5.10 Å². The molecule has 140 valence electrons. The molecule has 2 aromatic heterocycles. The SMILES string of the molecule is Cc1cc(C)n(-c2cccc(C(=O)NCc3ccc(S(C)(=O)=O)cc3)n2)n1. The highest BCUT2D eigenvalue weighted by atomic mass is 32.2. The van der Waals surface area contributed by atoms with Crippen molar-refractivity contribution in [2.24, 2.45) is 0 Å². The van der Waals surface area contributed by atoms with Gasteiger partial charge in [0.05, 0.1) is 10.6 Å². The molecule has 0 radical (unpaired) electrons. The number of nitrogens with one attached hydrogen (secondary N) is 1. The minimum Gasteiger partial charge on any atom is -0.347 e. The van der Waals surface area contributed by atoms with Gasteiger partial charge in [-0.1, -0.05) is 18.2 Å². The molecule has 0 atom stereocenters. The lowest BCUT2D eigenvalue weighted by molar-refractivity contribution is 0.0946. The van der Waals surface area contributed by atoms with E-state index in [1.54, 1.807) is 35.0 Å². The Morgan fingerprint density at radius 2 is 1.81 bits per heavy atom. The molecule has 3 aromatic rings. The van der Waals surface area contributed by atoms with E-state index in [4.69, 9.17) is 0 Å². The summed E-state index contributed by atoms with van der Waals surface area (Å²) in [6.45, 7) is 4.10. The van der Waals surface area contributed by atoms with Crippen LogP contribution in [-0.2, 0) is 16.4 Å². The maximum Gasteiger partial charge on any atom is 0.270 e. The highest BCUT2D eigenvalue weighted by Crippen LogP contribution is 2.12. The predicted molar refractivity (Wildman–Crippen MR) is 102 cm³/mol. The van der Waals surface area contributed by atoms with Gasteiger partial charge in [0.1, 0.15) is 5.69 Å². The van der Waals surface area contributed by atoms with Gasteiger partial charge in [0, 0.05) is 18.5 Å². The number of benzene rings is 1. The van der Waals surface area contributed by atoms with E-state index in [2.05, 4.69) is 15.4 Å². The van der Waals surface area contributed by atoms with E-state index in [1.165, 1.54) is 12.1 Å². The first-order valence-corrected chi connectivity index (χ1v) is 10.2. The van der Waals surface area contributed by atoms with Crippen molar-refractivity contribution in [1.29, 1.82) is 0 Å². The molecule has 0 saturated carbocycles. The van der Waals surface area contributed by atoms with E-state index in [1.807, 2.05) is 19.9 Å². The van der Waals surface area contributed by atoms with Gasteiger partial charge in [-0.15, -0.1) is 0 Å². The number of aryl methyl sites for hydroxylation is 2. The van der Waals surface area contributed by atoms with Crippen LogP contribution in [0.1, 0.15) is 27.4 Å². The zero-order chi connectivity index (χ0) is 19.6. The number of nitrogens with zero attached hydrogens (tertiary/aromatic N) is 3. The molecule has 0 spiro atoms. The summed E-state index contributed by atoms with van der Waals surface area (Å²) in [5.74, 6) is 0.260. The molecule has 0 saturated heterocycles. The first kappa shape index (κ1) is 18.8. The van der Waals surface area contributed by atoms with Crippen LogP contribution in [-0.4, -0.2) is 35.3 Å². The average Bonchev–Trinajstić information content (AvgIpc) is 2.97. The quantitative estimate of drug-likeness (QED) is 0.728. The van der Waals surface area contributed by atoms with Crippen LogP contribution in [0.5, 0.6) is 0 Å². The summed E-state index contributed by atoms with van der Waals surface area (Å²) >= 11 is 0. The molecule has 0 aliphatic carbocycles. The van der Waals surface area contributed by atoms with E-state index in [0.29, 0.717) is 5.82 Å². The number of hydrogen-bond donors (Lipinski definition) is 1. The van der Waals surface area contributed by atoms with Gasteiger partial charge in [-0.3, -0.25) is 4.79 Å². The molecule has 2 heterocycles. The van der Waals surface area contributed by atoms with Crippen LogP contribution < -0.4 is 5.32 Å². The van der Waals surface area contributed by atoms with Crippen LogP contribution >= 0.6 is 0 Å². The largest absolute Gasteiger partial charge is 0.347 e. The molecule has 0 bridgehead atoms. The second-order valence-corrected chi connectivity index (χ2v) is 8.33. The van der Waals surface area contributed by atoms with E-state index in [0.717, 1.165) is 23.2 Å². The van der Waals surface area contributed by atoms with E-state index >= 15 is 0 Å². The van der Waals surface area contributed by atoms with Crippen molar-refractivity contribution < 1.29 is 13.2 Å². The maximum atomic E-state index is 12.4. The third-order valence-corrected chi connectivity index (χ3v) is 5.13. The van der Waals surface area contributed by atoms with Crippen molar-refractivity contribution in [3.8, 4) is 5.82 Å². The summed E-state index contributed by atoms with van der Waals surface area (Å²) in [7, 11) is -3.23. The maximum absolute atomic E-state index is 12.4. The van der Waals surface area contributed by atoms with E-state index < -0.39 is 9.84 Å². The van der Waals surface area contributed by atoms with Crippen LogP contribution in [0.2, 0.25) is 0 Å². The molecule has 0 aliphatic heterocycles. The van der Waals surface area contributed by atoms with Gasteiger partial charge in [0.2, 0.25) is 0 Å². The minimum atomic E-state index is -3.23. The first-order chi connectivity index (χ1) is 12.7. The van der Waals surface area contributed by atoms with Crippen LogP contribution in [0.25, 0.3) is 5.82 Å². The number of amides is 1. The van der Waals surface area contributed by atoms with Gasteiger partial charge in [-0.05, 0) is 49.7 Å². The Hall–Kier alpha value is -3.00. The van der Waals surface area contributed by atoms with Gasteiger partial charge < -0.3 is 5.32 Å². The number of rotatable bonds is 5. The Morgan fingerprint density at radius 3 is 2.41 bits per heavy atom. The summed E-state index contributed by atoms with van der Waals surface area (Å²) in [5.41, 5.74) is 2.89. The number of carbonyl (C=O) groups is 1. The molecular formula is C19H20N4O3S. The van der Waals surface area contributed by atoms with Crippen molar-refractivity contribution in [3.05, 3.63) is 71.2 Å². The zero-order valence-corrected chi connectivity index (χ0v) is 16.1. The fraction of sp³-hybridized carbons (Fsp3) is 0.211. The molecule has 1 amide bonds. The average molecular weight is 384 g/mol. The Morgan fingerprint density at radius 1 is 1.11 bits per heavy atom. The number of sulfone groups is 1. The standard InChI is InChI=1S/C19H20N4O3S/c1-13-11-14(2)23(22-13)18-6-4-5-17(21-18)19(24)20-12-15-7-9-16(10-8-15)27(3,25)26/h4-11H,12H2,1-3H3,(H,20,24). The number of hydrogen-bond acceptors (Lipinski definition) is 5. The Kier molecular flexibility index (Phi) is 5.09. The molecule has 0 fully saturated rings. The smallest absolute Gasteiger partial charge is 0.270 e. The molecular weight excluding hydrogens is 364 g/mol. The lowest BCUT2D eigenvalue weighted by Crippen LogP contribution is -2.24. The van der Waals surface area contributed by atoms with E-state index in [-0.39, 0.29) is 23.0 Å². The molecule has 8 heteroatoms. The number of pyridine rings is 1. The van der Waals surface area contributed by atoms with Crippen molar-refractivity contribution in [1.82, 2.24) is 20.1 Å². The molecule has 1 N–H and O–H groups in total. The lowest BCUT2D eigenvalue weighted by Gasteiger charge is -2.08. The van der Waals surface area contributed by atoms with Crippen LogP contribution in [0.15, 0.2) is 53.4 Å². The summed E-state index contributed by atoms with van der Waals surface area (Å²) < 4.78 is 24.7. The topological polar surface area (TPSA) is 94.0 Å². The second kappa shape index (κ2) is 7.32. The van der Waals surface area contributed by atoms with Gasteiger partial charge in [0.15, 0.2) is 15.7 Å². The molecule has 3 rings (SSSR count). The fourth-order valence-corrected chi connectivity index (χ4v) is 3.29. The summed E-state index contributed by atoms with van der Waals surface area (Å²) in [6, 6.07) is 13.5. The molecule has 0 aliphatic rings. The van der Waals surface area contributed by atoms with Gasteiger partial charge in [0.25, 0.3) is 5.91 Å². The third-order valence-electron chi connectivity index (χ3n) is 4.00. The highest BCUT2D eigenvalue weighted by molar-refractivity contribution is 7.90. The van der Waals surface area contributed by atoms with Crippen LogP contribution in [0.4, 0.5) is 0 Å². The zero-order valence-electron chi connectivity index (χ0n) is 15.3. The van der Waals surface area contributed by atoms with Crippen molar-refractivity contribution in [2.45, 2.75) is 25.3 Å². The Labute approximate surface area is 158 Å². The van der Waals surface area contributed by atoms with Crippen LogP contribution in [0, 0.1) is 13.8 Å². The molecule has 7 nitrogen and oxygen atoms in total. The summed E-state index contributed by atoms with van der Waals surface area (Å²) in [4.78, 5) is 17.1. The number of carbonyl (C=O) groups excluding carboxylic acids is 1. The monoisotopic (exact) mass is 384 g/mol. The number of aromatic nitrogens is 3. The fourth-order valence-electron chi connectivity index (χ4n) is 2.66. The lowest BCUT2D eigenvalue weighted by atomic mass is 10.2. The predicted octanol–water partition coefficient (Wildman–Crippen LogP) is 2.22. The highest BCUT2D eigenvalue weighted by Gasteiger charge is 2.11. The van der Waals surface area contributed by atoms with E-state index in [9.17, 15) is 13.2 Å². The van der Waals surface area contributed by atoms with Crippen LogP contribution in [0.3, 0.4) is 0 Å². The second-order valence-electron chi connectivity index (χ2n) is 6.32. The Bertz CT molecular complexity index is 1090. The third kappa shape index (κ3) is 4.40. The van der Waals surface area contributed by atoms with Gasteiger partial charge in [-0.25, -0.2) is 18.1 Å². The van der Waals surface area contributed by atoms with Crippen molar-refractivity contribution >= 4 is 15.7 Å².